The molecule has 0 saturated heterocycles. The molecular weight excluding hydrogens is 308 g/mol. The van der Waals surface area contributed by atoms with Gasteiger partial charge in [-0.15, -0.1) is 0 Å². The van der Waals surface area contributed by atoms with Gasteiger partial charge in [-0.2, -0.15) is 0 Å². The summed E-state index contributed by atoms with van der Waals surface area (Å²) < 4.78 is 0. The maximum Gasteiger partial charge on any atom is 0.0435 e. The van der Waals surface area contributed by atoms with Gasteiger partial charge < -0.3 is 0 Å². The van der Waals surface area contributed by atoms with Gasteiger partial charge in [0.2, 0.25) is 0 Å². The van der Waals surface area contributed by atoms with Gasteiger partial charge in [-0.25, -0.2) is 0 Å². The lowest BCUT2D eigenvalue weighted by Crippen LogP contribution is -1.96. The topological polar surface area (TPSA) is 0 Å². The van der Waals surface area contributed by atoms with Gasteiger partial charge in [0.05, 0.1) is 0 Å². The highest BCUT2D eigenvalue weighted by Crippen LogP contribution is 2.27. The fraction of sp³-hybridized carbons (Fsp3) is 0.368. The maximum atomic E-state index is 3.82. The van der Waals surface area contributed by atoms with E-state index in [1.54, 1.807) is 0 Å². The molecule has 2 rings (SSSR count). The van der Waals surface area contributed by atoms with Gasteiger partial charge >= 0.3 is 0 Å². The van der Waals surface area contributed by atoms with Crippen molar-refractivity contribution in [3.63, 3.8) is 0 Å². The largest absolute Gasteiger partial charge is 0.0835 e. The van der Waals surface area contributed by atoms with E-state index in [1.165, 1.54) is 41.5 Å². The third-order valence-electron chi connectivity index (χ3n) is 3.70. The predicted octanol–water partition coefficient (Wildman–Crippen LogP) is 6.02. The van der Waals surface area contributed by atoms with E-state index in [0.29, 0.717) is 4.83 Å². The first kappa shape index (κ1) is 15.3. The summed E-state index contributed by atoms with van der Waals surface area (Å²) in [6, 6.07) is 17.9. The van der Waals surface area contributed by atoms with E-state index >= 15 is 0 Å². The number of alkyl halides is 1. The second-order valence-corrected chi connectivity index (χ2v) is 6.61. The van der Waals surface area contributed by atoms with Crippen molar-refractivity contribution in [1.82, 2.24) is 0 Å². The van der Waals surface area contributed by atoms with Crippen molar-refractivity contribution in [3.05, 3.63) is 70.8 Å². The van der Waals surface area contributed by atoms with Crippen LogP contribution in [0.15, 0.2) is 48.5 Å². The number of benzene rings is 2. The van der Waals surface area contributed by atoms with Crippen molar-refractivity contribution in [1.29, 1.82) is 0 Å². The van der Waals surface area contributed by atoms with Crippen molar-refractivity contribution >= 4 is 15.9 Å². The molecule has 1 heteroatoms. The molecule has 0 fully saturated rings. The van der Waals surface area contributed by atoms with Crippen LogP contribution < -0.4 is 0 Å². The number of unbranched alkanes of at least 4 members (excludes halogenated alkanes) is 1. The Balaban J connectivity index is 1.98. The van der Waals surface area contributed by atoms with E-state index in [-0.39, 0.29) is 0 Å². The molecule has 1 atom stereocenters. The van der Waals surface area contributed by atoms with Gasteiger partial charge in [-0.05, 0) is 42.9 Å². The molecule has 2 aromatic carbocycles. The highest BCUT2D eigenvalue weighted by molar-refractivity contribution is 9.09. The lowest BCUT2D eigenvalue weighted by atomic mass is 10.0. The highest BCUT2D eigenvalue weighted by atomic mass is 79.9. The van der Waals surface area contributed by atoms with Gasteiger partial charge in [0.15, 0.2) is 0 Å². The van der Waals surface area contributed by atoms with E-state index in [0.717, 1.165) is 6.42 Å². The molecule has 0 N–H and O–H groups in total. The van der Waals surface area contributed by atoms with Crippen LogP contribution in [0.25, 0.3) is 0 Å². The Bertz CT molecular complexity index is 510. The molecule has 2 aromatic rings. The minimum atomic E-state index is 0.394. The Kier molecular flexibility index (Phi) is 5.85. The van der Waals surface area contributed by atoms with Crippen molar-refractivity contribution < 1.29 is 0 Å². The molecule has 0 spiro atoms. The molecule has 0 aliphatic heterocycles. The maximum absolute atomic E-state index is 3.82. The summed E-state index contributed by atoms with van der Waals surface area (Å²) in [4.78, 5) is 0.394. The van der Waals surface area contributed by atoms with Crippen molar-refractivity contribution in [2.45, 2.75) is 44.4 Å². The van der Waals surface area contributed by atoms with E-state index in [2.05, 4.69) is 78.3 Å². The zero-order valence-corrected chi connectivity index (χ0v) is 14.0. The van der Waals surface area contributed by atoms with Crippen LogP contribution in [0.3, 0.4) is 0 Å². The van der Waals surface area contributed by atoms with Gasteiger partial charge in [0.25, 0.3) is 0 Å². The predicted molar refractivity (Wildman–Crippen MR) is 91.6 cm³/mol. The molecule has 0 bridgehead atoms. The van der Waals surface area contributed by atoms with Crippen molar-refractivity contribution in [2.24, 2.45) is 0 Å². The van der Waals surface area contributed by atoms with E-state index in [4.69, 9.17) is 0 Å². The first-order chi connectivity index (χ1) is 9.69. The smallest absolute Gasteiger partial charge is 0.0435 e. The summed E-state index contributed by atoms with van der Waals surface area (Å²) in [7, 11) is 0. The first-order valence-corrected chi connectivity index (χ1v) is 8.39. The van der Waals surface area contributed by atoms with Gasteiger partial charge in [-0.1, -0.05) is 83.4 Å². The molecule has 106 valence electrons. The molecule has 0 aliphatic carbocycles. The third-order valence-corrected chi connectivity index (χ3v) is 4.55. The Morgan fingerprint density at radius 1 is 0.900 bits per heavy atom. The normalized spacial score (nSPS) is 12.3. The standard InChI is InChI=1S/C19H23Br/c1-3-4-5-16-10-12-18(13-11-16)19(20)14-17-8-6-15(2)7-9-17/h6-13,19H,3-5,14H2,1-2H3. The number of hydrogen-bond donors (Lipinski definition) is 0. The Morgan fingerprint density at radius 2 is 1.50 bits per heavy atom. The quantitative estimate of drug-likeness (QED) is 0.568. The average Bonchev–Trinajstić information content (AvgIpc) is 2.48. The van der Waals surface area contributed by atoms with E-state index in [1.807, 2.05) is 0 Å². The molecular formula is C19H23Br. The zero-order valence-electron chi connectivity index (χ0n) is 12.4. The molecule has 0 saturated carbocycles. The highest BCUT2D eigenvalue weighted by Gasteiger charge is 2.08. The van der Waals surface area contributed by atoms with Gasteiger partial charge in [-0.3, -0.25) is 0 Å². The summed E-state index contributed by atoms with van der Waals surface area (Å²) in [5.41, 5.74) is 5.52. The summed E-state index contributed by atoms with van der Waals surface area (Å²) in [6.45, 7) is 4.37. The van der Waals surface area contributed by atoms with E-state index < -0.39 is 0 Å². The molecule has 20 heavy (non-hydrogen) atoms. The molecule has 1 unspecified atom stereocenters. The van der Waals surface area contributed by atoms with Crippen LogP contribution in [0.1, 0.15) is 46.8 Å². The lowest BCUT2D eigenvalue weighted by Gasteiger charge is -2.11. The molecule has 0 heterocycles. The fourth-order valence-electron chi connectivity index (χ4n) is 2.32. The molecule has 0 aliphatic rings. The molecule has 0 amide bonds. The van der Waals surface area contributed by atoms with E-state index in [9.17, 15) is 0 Å². The van der Waals surface area contributed by atoms with Gasteiger partial charge in [0.1, 0.15) is 0 Å². The van der Waals surface area contributed by atoms with Crippen LogP contribution in [0.5, 0.6) is 0 Å². The second kappa shape index (κ2) is 7.64. The lowest BCUT2D eigenvalue weighted by molar-refractivity contribution is 0.794. The zero-order chi connectivity index (χ0) is 14.4. The Hall–Kier alpha value is -1.08. The van der Waals surface area contributed by atoms with Crippen molar-refractivity contribution in [2.75, 3.05) is 0 Å². The van der Waals surface area contributed by atoms with Crippen LogP contribution in [-0.2, 0) is 12.8 Å². The summed E-state index contributed by atoms with van der Waals surface area (Å²) in [5.74, 6) is 0. The number of halogens is 1. The van der Waals surface area contributed by atoms with Crippen LogP contribution in [-0.4, -0.2) is 0 Å². The minimum Gasteiger partial charge on any atom is -0.0835 e. The number of hydrogen-bond acceptors (Lipinski definition) is 0. The van der Waals surface area contributed by atoms with Crippen LogP contribution in [0, 0.1) is 6.92 Å². The molecule has 0 nitrogen and oxygen atoms in total. The summed E-state index contributed by atoms with van der Waals surface area (Å²) in [6.07, 6.45) is 4.77. The van der Waals surface area contributed by atoms with Gasteiger partial charge in [0, 0.05) is 4.83 Å². The fourth-order valence-corrected chi connectivity index (χ4v) is 3.00. The van der Waals surface area contributed by atoms with Crippen LogP contribution in [0.4, 0.5) is 0 Å². The first-order valence-electron chi connectivity index (χ1n) is 7.47. The Morgan fingerprint density at radius 3 is 2.10 bits per heavy atom. The number of rotatable bonds is 6. The van der Waals surface area contributed by atoms with Crippen LogP contribution in [0.2, 0.25) is 0 Å². The molecule has 0 aromatic heterocycles. The van der Waals surface area contributed by atoms with Crippen LogP contribution >= 0.6 is 15.9 Å². The average molecular weight is 331 g/mol. The summed E-state index contributed by atoms with van der Waals surface area (Å²) in [5, 5.41) is 0. The van der Waals surface area contributed by atoms with Crippen molar-refractivity contribution in [3.8, 4) is 0 Å². The second-order valence-electron chi connectivity index (χ2n) is 5.50. The number of aryl methyl sites for hydroxylation is 2. The SMILES string of the molecule is CCCCc1ccc(C(Br)Cc2ccc(C)cc2)cc1. The monoisotopic (exact) mass is 330 g/mol. The minimum absolute atomic E-state index is 0.394. The molecule has 0 radical (unpaired) electrons. The summed E-state index contributed by atoms with van der Waals surface area (Å²) >= 11 is 3.82. The third kappa shape index (κ3) is 4.49. The Labute approximate surface area is 131 Å².